The van der Waals surface area contributed by atoms with E-state index in [0.29, 0.717) is 30.4 Å². The van der Waals surface area contributed by atoms with E-state index in [-0.39, 0.29) is 5.91 Å². The molecule has 2 aliphatic rings. The average molecular weight is 456 g/mol. The Hall–Kier alpha value is -3.98. The molecule has 0 spiro atoms. The van der Waals surface area contributed by atoms with Crippen LogP contribution in [0.3, 0.4) is 0 Å². The Morgan fingerprint density at radius 1 is 1.09 bits per heavy atom. The summed E-state index contributed by atoms with van der Waals surface area (Å²) in [6, 6.07) is 14.0. The standard InChI is InChI=1S/C25H25N7O2/c1-17-4-3-5-18(14-17)20-8-9-31(27-20)22-16-24(30-10-12-34-13-11-30)32-23(26-22)15-21(28-32)25(33)29(2)19-6-7-19/h3-6,8-9,14-16H,7,10-13H2,1-2H3. The minimum atomic E-state index is -0.135. The number of ether oxygens (including phenoxy) is 1. The topological polar surface area (TPSA) is 80.8 Å². The summed E-state index contributed by atoms with van der Waals surface area (Å²) in [6.07, 6.45) is 4.78. The van der Waals surface area contributed by atoms with Gasteiger partial charge >= 0.3 is 0 Å². The average Bonchev–Trinajstić information content (AvgIpc) is 3.43. The molecular weight excluding hydrogens is 430 g/mol. The van der Waals surface area contributed by atoms with Gasteiger partial charge in [-0.25, -0.2) is 9.67 Å². The van der Waals surface area contributed by atoms with Crippen molar-refractivity contribution >= 4 is 17.4 Å². The van der Waals surface area contributed by atoms with E-state index in [9.17, 15) is 4.79 Å². The van der Waals surface area contributed by atoms with Gasteiger partial charge in [0.15, 0.2) is 17.2 Å². The Balaban J connectivity index is 1.43. The van der Waals surface area contributed by atoms with Gasteiger partial charge in [-0.1, -0.05) is 29.8 Å². The van der Waals surface area contributed by atoms with Crippen LogP contribution in [0.5, 0.6) is 0 Å². The molecule has 1 saturated heterocycles. The zero-order chi connectivity index (χ0) is 23.2. The number of nitrogens with zero attached hydrogens (tertiary/aromatic N) is 7. The highest BCUT2D eigenvalue weighted by Crippen LogP contribution is 2.26. The van der Waals surface area contributed by atoms with Crippen LogP contribution in [0, 0.1) is 6.92 Å². The third-order valence-electron chi connectivity index (χ3n) is 6.21. The normalized spacial score (nSPS) is 15.5. The molecule has 9 heteroatoms. The van der Waals surface area contributed by atoms with Crippen LogP contribution in [-0.4, -0.2) is 68.5 Å². The Morgan fingerprint density at radius 2 is 1.91 bits per heavy atom. The first-order chi connectivity index (χ1) is 16.6. The number of morpholine rings is 1. The van der Waals surface area contributed by atoms with E-state index in [2.05, 4.69) is 35.1 Å². The molecule has 6 rings (SSSR count). The maximum absolute atomic E-state index is 13.0. The summed E-state index contributed by atoms with van der Waals surface area (Å²) in [7, 11) is 1.78. The minimum Gasteiger partial charge on any atom is -0.378 e. The van der Waals surface area contributed by atoms with Gasteiger partial charge in [0.1, 0.15) is 5.82 Å². The van der Waals surface area contributed by atoms with Gasteiger partial charge in [0.05, 0.1) is 18.9 Å². The maximum atomic E-state index is 13.0. The minimum absolute atomic E-state index is 0.135. The van der Waals surface area contributed by atoms with Gasteiger partial charge < -0.3 is 14.5 Å². The van der Waals surface area contributed by atoms with E-state index in [1.807, 2.05) is 30.5 Å². The monoisotopic (exact) mass is 455 g/mol. The molecular formula is C25H25N7O2. The number of rotatable bonds is 5. The number of hydrogen-bond acceptors (Lipinski definition) is 6. The predicted octanol–water partition coefficient (Wildman–Crippen LogP) is 3.09. The second-order valence-electron chi connectivity index (χ2n) is 8.65. The molecule has 0 atom stereocenters. The summed E-state index contributed by atoms with van der Waals surface area (Å²) >= 11 is 0. The highest BCUT2D eigenvalue weighted by molar-refractivity contribution is 5.94. The van der Waals surface area contributed by atoms with Gasteiger partial charge in [-0.3, -0.25) is 4.79 Å². The Labute approximate surface area is 196 Å². The SMILES string of the molecule is Cc1cccc(-c2ccn(-c3cc(N4CCOCC4)n4nc(C(=O)N(C)C5=CC5)cc4n3)n2)c1. The molecule has 4 heterocycles. The molecule has 0 bridgehead atoms. The van der Waals surface area contributed by atoms with Crippen molar-refractivity contribution in [2.45, 2.75) is 13.3 Å². The fraction of sp³-hybridized carbons (Fsp3) is 0.280. The summed E-state index contributed by atoms with van der Waals surface area (Å²) in [5.41, 5.74) is 5.11. The summed E-state index contributed by atoms with van der Waals surface area (Å²) in [6.45, 7) is 4.83. The van der Waals surface area contributed by atoms with Crippen molar-refractivity contribution in [3.05, 3.63) is 71.7 Å². The molecule has 9 nitrogen and oxygen atoms in total. The van der Waals surface area contributed by atoms with E-state index in [0.717, 1.165) is 42.3 Å². The fourth-order valence-electron chi connectivity index (χ4n) is 4.22. The van der Waals surface area contributed by atoms with Crippen LogP contribution in [0.15, 0.2) is 60.4 Å². The molecule has 0 saturated carbocycles. The molecule has 1 aliphatic carbocycles. The van der Waals surface area contributed by atoms with Crippen molar-refractivity contribution in [2.24, 2.45) is 0 Å². The van der Waals surface area contributed by atoms with Crippen LogP contribution in [0.25, 0.3) is 22.7 Å². The molecule has 0 radical (unpaired) electrons. The third kappa shape index (κ3) is 3.73. The number of carbonyl (C=O) groups is 1. The van der Waals surface area contributed by atoms with Gasteiger partial charge in [0.25, 0.3) is 5.91 Å². The number of benzene rings is 1. The van der Waals surface area contributed by atoms with Crippen LogP contribution in [0.2, 0.25) is 0 Å². The highest BCUT2D eigenvalue weighted by atomic mass is 16.5. The predicted molar refractivity (Wildman–Crippen MR) is 128 cm³/mol. The largest absolute Gasteiger partial charge is 0.378 e. The van der Waals surface area contributed by atoms with Gasteiger partial charge in [0.2, 0.25) is 0 Å². The van der Waals surface area contributed by atoms with Gasteiger partial charge in [0, 0.05) is 56.1 Å². The number of amides is 1. The van der Waals surface area contributed by atoms with Crippen LogP contribution in [0.4, 0.5) is 5.82 Å². The van der Waals surface area contributed by atoms with E-state index in [1.54, 1.807) is 27.2 Å². The molecule has 0 unspecified atom stereocenters. The van der Waals surface area contributed by atoms with Crippen molar-refractivity contribution in [3.63, 3.8) is 0 Å². The summed E-state index contributed by atoms with van der Waals surface area (Å²) < 4.78 is 9.07. The molecule has 172 valence electrons. The van der Waals surface area contributed by atoms with E-state index in [4.69, 9.17) is 14.8 Å². The lowest BCUT2D eigenvalue weighted by atomic mass is 10.1. The molecule has 0 N–H and O–H groups in total. The fourth-order valence-corrected chi connectivity index (χ4v) is 4.22. The van der Waals surface area contributed by atoms with Crippen molar-refractivity contribution in [2.75, 3.05) is 38.3 Å². The summed E-state index contributed by atoms with van der Waals surface area (Å²) in [5, 5.41) is 9.43. The van der Waals surface area contributed by atoms with Crippen LogP contribution in [-0.2, 0) is 4.74 Å². The smallest absolute Gasteiger partial charge is 0.278 e. The second kappa shape index (κ2) is 8.11. The maximum Gasteiger partial charge on any atom is 0.278 e. The first-order valence-electron chi connectivity index (χ1n) is 11.4. The second-order valence-corrected chi connectivity index (χ2v) is 8.65. The zero-order valence-corrected chi connectivity index (χ0v) is 19.2. The first-order valence-corrected chi connectivity index (χ1v) is 11.4. The third-order valence-corrected chi connectivity index (χ3v) is 6.21. The lowest BCUT2D eigenvalue weighted by Gasteiger charge is -2.29. The highest BCUT2D eigenvalue weighted by Gasteiger charge is 2.25. The molecule has 1 aliphatic heterocycles. The van der Waals surface area contributed by atoms with Crippen molar-refractivity contribution in [1.29, 1.82) is 0 Å². The van der Waals surface area contributed by atoms with Crippen LogP contribution in [0.1, 0.15) is 22.5 Å². The quantitative estimate of drug-likeness (QED) is 0.460. The van der Waals surface area contributed by atoms with Gasteiger partial charge in [-0.15, -0.1) is 0 Å². The number of hydrogen-bond donors (Lipinski definition) is 0. The molecule has 1 fully saturated rings. The van der Waals surface area contributed by atoms with Gasteiger partial charge in [-0.05, 0) is 19.1 Å². The van der Waals surface area contributed by atoms with Crippen LogP contribution >= 0.6 is 0 Å². The lowest BCUT2D eigenvalue weighted by Crippen LogP contribution is -2.37. The van der Waals surface area contributed by atoms with Gasteiger partial charge in [-0.2, -0.15) is 14.7 Å². The Bertz CT molecular complexity index is 1430. The Kier molecular flexibility index (Phi) is 4.91. The molecule has 4 aromatic rings. The van der Waals surface area contributed by atoms with E-state index in [1.165, 1.54) is 5.56 Å². The number of carbonyl (C=O) groups excluding carboxylic acids is 1. The van der Waals surface area contributed by atoms with E-state index >= 15 is 0 Å². The number of aryl methyl sites for hydroxylation is 1. The molecule has 1 amide bonds. The number of allylic oxidation sites excluding steroid dienone is 2. The van der Waals surface area contributed by atoms with Crippen molar-refractivity contribution < 1.29 is 9.53 Å². The zero-order valence-electron chi connectivity index (χ0n) is 19.2. The number of anilines is 1. The van der Waals surface area contributed by atoms with Crippen LogP contribution < -0.4 is 4.90 Å². The lowest BCUT2D eigenvalue weighted by molar-refractivity contribution is 0.0835. The number of fused-ring (bicyclic) bond motifs is 1. The first kappa shape index (κ1) is 20.6. The van der Waals surface area contributed by atoms with Crippen molar-refractivity contribution in [3.8, 4) is 17.1 Å². The van der Waals surface area contributed by atoms with Crippen molar-refractivity contribution in [1.82, 2.24) is 29.3 Å². The summed E-state index contributed by atoms with van der Waals surface area (Å²) in [4.78, 5) is 21.6. The molecule has 3 aromatic heterocycles. The Morgan fingerprint density at radius 3 is 2.68 bits per heavy atom. The number of aromatic nitrogens is 5. The van der Waals surface area contributed by atoms with E-state index < -0.39 is 0 Å². The molecule has 1 aromatic carbocycles. The summed E-state index contributed by atoms with van der Waals surface area (Å²) in [5.74, 6) is 1.40. The molecule has 34 heavy (non-hydrogen) atoms.